The van der Waals surface area contributed by atoms with Gasteiger partial charge in [0.05, 0.1) is 6.54 Å². The molecule has 2 heterocycles. The number of thiophene rings is 1. The highest BCUT2D eigenvalue weighted by molar-refractivity contribution is 7.91. The zero-order chi connectivity index (χ0) is 19.6. The van der Waals surface area contributed by atoms with Crippen LogP contribution in [0.2, 0.25) is 0 Å². The standard InChI is InChI=1S/C19H25N3O3S2/c1-15-6-4-7-17(16(15)2)21-9-11-22(12-10-21)18(23)14-20(3)27(24,25)19-8-5-13-26-19/h4-8,13H,9-12,14H2,1-3H3. The fraction of sp³-hybridized carbons (Fsp3) is 0.421. The van der Waals surface area contributed by atoms with Crippen LogP contribution in [0.1, 0.15) is 11.1 Å². The third kappa shape index (κ3) is 4.17. The van der Waals surface area contributed by atoms with Crippen LogP contribution >= 0.6 is 11.3 Å². The molecule has 0 saturated carbocycles. The molecule has 1 aromatic carbocycles. The summed E-state index contributed by atoms with van der Waals surface area (Å²) < 4.78 is 26.3. The number of benzene rings is 1. The van der Waals surface area contributed by atoms with Crippen molar-refractivity contribution in [3.05, 3.63) is 46.8 Å². The van der Waals surface area contributed by atoms with Gasteiger partial charge in [0.15, 0.2) is 0 Å². The number of hydrogen-bond donors (Lipinski definition) is 0. The van der Waals surface area contributed by atoms with E-state index in [2.05, 4.69) is 36.9 Å². The second kappa shape index (κ2) is 8.00. The minimum atomic E-state index is -3.60. The Hall–Kier alpha value is -1.90. The quantitative estimate of drug-likeness (QED) is 0.763. The number of carbonyl (C=O) groups is 1. The number of aryl methyl sites for hydroxylation is 1. The molecule has 2 aromatic rings. The highest BCUT2D eigenvalue weighted by atomic mass is 32.2. The summed E-state index contributed by atoms with van der Waals surface area (Å²) in [4.78, 5) is 16.6. The van der Waals surface area contributed by atoms with Crippen LogP contribution in [0.15, 0.2) is 39.9 Å². The van der Waals surface area contributed by atoms with Crippen molar-refractivity contribution in [3.63, 3.8) is 0 Å². The van der Waals surface area contributed by atoms with E-state index in [1.54, 1.807) is 22.4 Å². The van der Waals surface area contributed by atoms with Gasteiger partial charge < -0.3 is 9.80 Å². The average Bonchev–Trinajstić information content (AvgIpc) is 3.19. The molecule has 6 nitrogen and oxygen atoms in total. The number of rotatable bonds is 5. The predicted molar refractivity (Wildman–Crippen MR) is 109 cm³/mol. The molecule has 1 aliphatic heterocycles. The molecule has 8 heteroatoms. The normalized spacial score (nSPS) is 15.4. The average molecular weight is 408 g/mol. The molecule has 0 bridgehead atoms. The van der Waals surface area contributed by atoms with Crippen LogP contribution in [0.3, 0.4) is 0 Å². The number of likely N-dealkylation sites (N-methyl/N-ethyl adjacent to an activating group) is 1. The topological polar surface area (TPSA) is 60.9 Å². The maximum absolute atomic E-state index is 12.6. The number of carbonyl (C=O) groups excluding carboxylic acids is 1. The first kappa shape index (κ1) is 19.9. The van der Waals surface area contributed by atoms with Crippen molar-refractivity contribution < 1.29 is 13.2 Å². The zero-order valence-electron chi connectivity index (χ0n) is 15.9. The van der Waals surface area contributed by atoms with Crippen LogP contribution < -0.4 is 4.90 Å². The molecular formula is C19H25N3O3S2. The van der Waals surface area contributed by atoms with Crippen molar-refractivity contribution in [3.8, 4) is 0 Å². The smallest absolute Gasteiger partial charge is 0.252 e. The van der Waals surface area contributed by atoms with Gasteiger partial charge in [-0.25, -0.2) is 8.42 Å². The van der Waals surface area contributed by atoms with Gasteiger partial charge in [0.2, 0.25) is 5.91 Å². The second-order valence-electron chi connectivity index (χ2n) is 6.78. The summed E-state index contributed by atoms with van der Waals surface area (Å²) in [5, 5.41) is 1.72. The van der Waals surface area contributed by atoms with E-state index in [4.69, 9.17) is 0 Å². The first-order valence-corrected chi connectivity index (χ1v) is 11.2. The van der Waals surface area contributed by atoms with E-state index in [0.29, 0.717) is 13.1 Å². The Labute approximate surface area is 165 Å². The summed E-state index contributed by atoms with van der Waals surface area (Å²) in [5.41, 5.74) is 3.73. The molecule has 0 N–H and O–H groups in total. The summed E-state index contributed by atoms with van der Waals surface area (Å²) in [7, 11) is -2.14. The third-order valence-electron chi connectivity index (χ3n) is 5.07. The predicted octanol–water partition coefficient (Wildman–Crippen LogP) is 2.33. The Morgan fingerprint density at radius 3 is 2.44 bits per heavy atom. The van der Waals surface area contributed by atoms with Gasteiger partial charge in [-0.1, -0.05) is 18.2 Å². The van der Waals surface area contributed by atoms with E-state index in [0.717, 1.165) is 28.7 Å². The molecular weight excluding hydrogens is 382 g/mol. The van der Waals surface area contributed by atoms with E-state index in [-0.39, 0.29) is 16.7 Å². The lowest BCUT2D eigenvalue weighted by Gasteiger charge is -2.37. The molecule has 0 radical (unpaired) electrons. The molecule has 3 rings (SSSR count). The molecule has 1 aromatic heterocycles. The van der Waals surface area contributed by atoms with Crippen molar-refractivity contribution >= 4 is 33.0 Å². The number of amides is 1. The van der Waals surface area contributed by atoms with Gasteiger partial charge in [0.25, 0.3) is 10.0 Å². The second-order valence-corrected chi connectivity index (χ2v) is 10.00. The fourth-order valence-electron chi connectivity index (χ4n) is 3.21. The van der Waals surface area contributed by atoms with Crippen LogP contribution in [0, 0.1) is 13.8 Å². The molecule has 0 atom stereocenters. The lowest BCUT2D eigenvalue weighted by Crippen LogP contribution is -2.51. The van der Waals surface area contributed by atoms with Crippen molar-refractivity contribution in [1.29, 1.82) is 0 Å². The number of piperazine rings is 1. The number of hydrogen-bond acceptors (Lipinski definition) is 5. The first-order chi connectivity index (χ1) is 12.8. The fourth-order valence-corrected chi connectivity index (χ4v) is 5.54. The molecule has 27 heavy (non-hydrogen) atoms. The van der Waals surface area contributed by atoms with Crippen LogP contribution in [0.25, 0.3) is 0 Å². The summed E-state index contributed by atoms with van der Waals surface area (Å²) in [6.45, 7) is 6.77. The lowest BCUT2D eigenvalue weighted by molar-refractivity contribution is -0.131. The van der Waals surface area contributed by atoms with Crippen molar-refractivity contribution in [2.75, 3.05) is 44.7 Å². The summed E-state index contributed by atoms with van der Waals surface area (Å²) in [6, 6.07) is 9.52. The molecule has 0 unspecified atom stereocenters. The summed E-state index contributed by atoms with van der Waals surface area (Å²) in [5.74, 6) is -0.154. The minimum Gasteiger partial charge on any atom is -0.368 e. The van der Waals surface area contributed by atoms with Gasteiger partial charge >= 0.3 is 0 Å². The SMILES string of the molecule is Cc1cccc(N2CCN(C(=O)CN(C)S(=O)(=O)c3cccs3)CC2)c1C. The first-order valence-electron chi connectivity index (χ1n) is 8.89. The highest BCUT2D eigenvalue weighted by Gasteiger charge is 2.28. The maximum Gasteiger partial charge on any atom is 0.252 e. The van der Waals surface area contributed by atoms with Gasteiger partial charge in [-0.3, -0.25) is 4.79 Å². The van der Waals surface area contributed by atoms with E-state index in [1.807, 2.05) is 0 Å². The number of nitrogens with zero attached hydrogens (tertiary/aromatic N) is 3. The van der Waals surface area contributed by atoms with Gasteiger partial charge in [-0.05, 0) is 42.5 Å². The van der Waals surface area contributed by atoms with Crippen LogP contribution in [-0.2, 0) is 14.8 Å². The Morgan fingerprint density at radius 2 is 1.81 bits per heavy atom. The molecule has 0 aliphatic carbocycles. The number of anilines is 1. The van der Waals surface area contributed by atoms with E-state index in [9.17, 15) is 13.2 Å². The minimum absolute atomic E-state index is 0.135. The van der Waals surface area contributed by atoms with E-state index in [1.165, 1.54) is 23.9 Å². The van der Waals surface area contributed by atoms with Crippen LogP contribution in [0.4, 0.5) is 5.69 Å². The van der Waals surface area contributed by atoms with Crippen LogP contribution in [0.5, 0.6) is 0 Å². The van der Waals surface area contributed by atoms with Gasteiger partial charge in [-0.2, -0.15) is 4.31 Å². The zero-order valence-corrected chi connectivity index (χ0v) is 17.5. The Bertz CT molecular complexity index is 902. The summed E-state index contributed by atoms with van der Waals surface area (Å²) >= 11 is 1.16. The Balaban J connectivity index is 1.59. The van der Waals surface area contributed by atoms with Crippen LogP contribution in [-0.4, -0.2) is 63.3 Å². The van der Waals surface area contributed by atoms with Gasteiger partial charge in [0, 0.05) is 38.9 Å². The van der Waals surface area contributed by atoms with Crippen molar-refractivity contribution in [2.45, 2.75) is 18.1 Å². The van der Waals surface area contributed by atoms with Gasteiger partial charge in [0.1, 0.15) is 4.21 Å². The largest absolute Gasteiger partial charge is 0.368 e. The van der Waals surface area contributed by atoms with Crippen molar-refractivity contribution in [1.82, 2.24) is 9.21 Å². The summed E-state index contributed by atoms with van der Waals surface area (Å²) in [6.07, 6.45) is 0. The van der Waals surface area contributed by atoms with Gasteiger partial charge in [-0.15, -0.1) is 11.3 Å². The molecule has 1 amide bonds. The number of sulfonamides is 1. The van der Waals surface area contributed by atoms with Crippen molar-refractivity contribution in [2.24, 2.45) is 0 Å². The monoisotopic (exact) mass is 407 g/mol. The Morgan fingerprint density at radius 1 is 1.11 bits per heavy atom. The molecule has 146 valence electrons. The third-order valence-corrected chi connectivity index (χ3v) is 8.24. The lowest BCUT2D eigenvalue weighted by atomic mass is 10.1. The van der Waals surface area contributed by atoms with E-state index < -0.39 is 10.0 Å². The maximum atomic E-state index is 12.6. The molecule has 0 spiro atoms. The van der Waals surface area contributed by atoms with E-state index >= 15 is 0 Å². The Kier molecular flexibility index (Phi) is 5.88. The molecule has 1 aliphatic rings. The highest BCUT2D eigenvalue weighted by Crippen LogP contribution is 2.24. The molecule has 1 saturated heterocycles. The molecule has 1 fully saturated rings.